The summed E-state index contributed by atoms with van der Waals surface area (Å²) in [6.07, 6.45) is 1.15. The third-order valence-electron chi connectivity index (χ3n) is 3.92. The van der Waals surface area contributed by atoms with Crippen LogP contribution in [-0.4, -0.2) is 30.6 Å². The average Bonchev–Trinajstić information content (AvgIpc) is 2.99. The summed E-state index contributed by atoms with van der Waals surface area (Å²) >= 11 is 1.61. The first-order chi connectivity index (χ1) is 11.1. The van der Waals surface area contributed by atoms with Crippen molar-refractivity contribution in [3.05, 3.63) is 52.2 Å². The van der Waals surface area contributed by atoms with Gasteiger partial charge < -0.3 is 10.6 Å². The lowest BCUT2D eigenvalue weighted by Gasteiger charge is -2.38. The van der Waals surface area contributed by atoms with Gasteiger partial charge in [-0.25, -0.2) is 13.6 Å². The van der Waals surface area contributed by atoms with Crippen LogP contribution in [-0.2, 0) is 0 Å². The van der Waals surface area contributed by atoms with Gasteiger partial charge >= 0.3 is 6.03 Å². The van der Waals surface area contributed by atoms with Crippen LogP contribution in [0.25, 0.3) is 0 Å². The predicted molar refractivity (Wildman–Crippen MR) is 86.6 cm³/mol. The summed E-state index contributed by atoms with van der Waals surface area (Å²) in [4.78, 5) is 14.2. The van der Waals surface area contributed by atoms with Gasteiger partial charge in [-0.2, -0.15) is 11.3 Å². The second-order valence-corrected chi connectivity index (χ2v) is 6.17. The smallest absolute Gasteiger partial charge is 0.319 e. The van der Waals surface area contributed by atoms with Crippen LogP contribution >= 0.6 is 11.3 Å². The van der Waals surface area contributed by atoms with Gasteiger partial charge in [0.1, 0.15) is 17.3 Å². The molecule has 2 N–H and O–H groups in total. The maximum atomic E-state index is 13.5. The molecule has 23 heavy (non-hydrogen) atoms. The van der Waals surface area contributed by atoms with Crippen LogP contribution in [0.2, 0.25) is 0 Å². The van der Waals surface area contributed by atoms with Crippen LogP contribution in [0.1, 0.15) is 18.0 Å². The first kappa shape index (κ1) is 15.9. The maximum Gasteiger partial charge on any atom is 0.319 e. The number of halogens is 2. The molecule has 0 spiro atoms. The molecule has 2 amide bonds. The van der Waals surface area contributed by atoms with E-state index < -0.39 is 23.4 Å². The van der Waals surface area contributed by atoms with E-state index in [9.17, 15) is 13.6 Å². The second-order valence-electron chi connectivity index (χ2n) is 5.39. The summed E-state index contributed by atoms with van der Waals surface area (Å²) in [6, 6.07) is 4.97. The average molecular weight is 337 g/mol. The molecule has 1 aromatic carbocycles. The van der Waals surface area contributed by atoms with E-state index in [1.54, 1.807) is 11.3 Å². The van der Waals surface area contributed by atoms with Crippen molar-refractivity contribution in [1.82, 2.24) is 10.2 Å². The Labute approximate surface area is 137 Å². The Hall–Kier alpha value is -1.99. The van der Waals surface area contributed by atoms with Crippen molar-refractivity contribution < 1.29 is 13.6 Å². The zero-order valence-electron chi connectivity index (χ0n) is 12.4. The van der Waals surface area contributed by atoms with Gasteiger partial charge in [0, 0.05) is 19.6 Å². The molecule has 4 nitrogen and oxygen atoms in total. The van der Waals surface area contributed by atoms with Crippen LogP contribution in [0.4, 0.5) is 19.3 Å². The third-order valence-corrected chi connectivity index (χ3v) is 4.62. The molecule has 2 heterocycles. The molecule has 0 saturated carbocycles. The standard InChI is InChI=1S/C16H17F2N3OS/c17-12-3-1-4-13(18)15(12)20-16(22)19-9-14(21-6-2-7-21)11-5-8-23-10-11/h1,3-5,8,10,14H,2,6-7,9H2,(H2,19,20,22). The van der Waals surface area contributed by atoms with Crippen molar-refractivity contribution in [2.24, 2.45) is 0 Å². The number of hydrogen-bond donors (Lipinski definition) is 2. The molecule has 0 bridgehead atoms. The van der Waals surface area contributed by atoms with Crippen LogP contribution < -0.4 is 10.6 Å². The highest BCUT2D eigenvalue weighted by Gasteiger charge is 2.26. The first-order valence-electron chi connectivity index (χ1n) is 7.40. The van der Waals surface area contributed by atoms with Crippen LogP contribution in [0.15, 0.2) is 35.0 Å². The number of carbonyl (C=O) groups is 1. The molecule has 0 radical (unpaired) electrons. The monoisotopic (exact) mass is 337 g/mol. The fourth-order valence-electron chi connectivity index (χ4n) is 2.54. The minimum Gasteiger partial charge on any atom is -0.336 e. The molecular formula is C16H17F2N3OS. The van der Waals surface area contributed by atoms with Gasteiger partial charge in [0.25, 0.3) is 0 Å². The zero-order valence-corrected chi connectivity index (χ0v) is 13.2. The number of para-hydroxylation sites is 1. The van der Waals surface area contributed by atoms with Crippen LogP contribution in [0.5, 0.6) is 0 Å². The van der Waals surface area contributed by atoms with Gasteiger partial charge in [-0.1, -0.05) is 6.07 Å². The Morgan fingerprint density at radius 2 is 2.00 bits per heavy atom. The number of carbonyl (C=O) groups excluding carboxylic acids is 1. The number of thiophene rings is 1. The van der Waals surface area contributed by atoms with Crippen molar-refractivity contribution in [2.45, 2.75) is 12.5 Å². The second kappa shape index (κ2) is 7.06. The van der Waals surface area contributed by atoms with E-state index in [0.717, 1.165) is 37.2 Å². The Balaban J connectivity index is 1.61. The predicted octanol–water partition coefficient (Wildman–Crippen LogP) is 3.59. The normalized spacial score (nSPS) is 15.7. The van der Waals surface area contributed by atoms with Gasteiger partial charge in [-0.3, -0.25) is 4.90 Å². The number of likely N-dealkylation sites (tertiary alicyclic amines) is 1. The van der Waals surface area contributed by atoms with E-state index in [1.807, 2.05) is 11.4 Å². The summed E-state index contributed by atoms with van der Waals surface area (Å²) < 4.78 is 27.1. The largest absolute Gasteiger partial charge is 0.336 e. The molecule has 1 fully saturated rings. The van der Waals surface area contributed by atoms with Gasteiger partial charge in [-0.15, -0.1) is 0 Å². The highest BCUT2D eigenvalue weighted by atomic mass is 32.1. The van der Waals surface area contributed by atoms with E-state index in [4.69, 9.17) is 0 Å². The Morgan fingerprint density at radius 1 is 1.26 bits per heavy atom. The van der Waals surface area contributed by atoms with Crippen molar-refractivity contribution in [2.75, 3.05) is 25.0 Å². The number of nitrogens with one attached hydrogen (secondary N) is 2. The molecule has 2 aromatic rings. The summed E-state index contributed by atoms with van der Waals surface area (Å²) in [5.74, 6) is -1.59. The van der Waals surface area contributed by atoms with Gasteiger partial charge in [0.15, 0.2) is 0 Å². The maximum absolute atomic E-state index is 13.5. The number of hydrogen-bond acceptors (Lipinski definition) is 3. The molecule has 1 atom stereocenters. The molecule has 7 heteroatoms. The number of urea groups is 1. The summed E-state index contributed by atoms with van der Waals surface area (Å²) in [5, 5.41) is 8.99. The van der Waals surface area contributed by atoms with Crippen LogP contribution in [0, 0.1) is 11.6 Å². The lowest BCUT2D eigenvalue weighted by Crippen LogP contribution is -2.45. The van der Waals surface area contributed by atoms with E-state index in [2.05, 4.69) is 20.9 Å². The summed E-state index contributed by atoms with van der Waals surface area (Å²) in [6.45, 7) is 2.37. The molecule has 1 aliphatic heterocycles. The number of rotatable bonds is 5. The fourth-order valence-corrected chi connectivity index (χ4v) is 3.25. The first-order valence-corrected chi connectivity index (χ1v) is 8.34. The number of anilines is 1. The minimum atomic E-state index is -0.794. The SMILES string of the molecule is O=C(NCC(c1ccsc1)N1CCC1)Nc1c(F)cccc1F. The number of nitrogens with zero attached hydrogens (tertiary/aromatic N) is 1. The molecule has 1 unspecified atom stereocenters. The van der Waals surface area contributed by atoms with E-state index in [0.29, 0.717) is 6.54 Å². The van der Waals surface area contributed by atoms with Gasteiger partial charge in [0.05, 0.1) is 6.04 Å². The molecule has 1 aliphatic rings. The topological polar surface area (TPSA) is 44.4 Å². The minimum absolute atomic E-state index is 0.0891. The fraction of sp³-hybridized carbons (Fsp3) is 0.312. The quantitative estimate of drug-likeness (QED) is 0.876. The van der Waals surface area contributed by atoms with Crippen LogP contribution in [0.3, 0.4) is 0 Å². The summed E-state index contributed by atoms with van der Waals surface area (Å²) in [5.41, 5.74) is 0.716. The lowest BCUT2D eigenvalue weighted by molar-refractivity contribution is 0.118. The summed E-state index contributed by atoms with van der Waals surface area (Å²) in [7, 11) is 0. The van der Waals surface area contributed by atoms with Crippen molar-refractivity contribution >= 4 is 23.1 Å². The van der Waals surface area contributed by atoms with Gasteiger partial charge in [-0.05, 0) is 40.9 Å². The Morgan fingerprint density at radius 3 is 2.57 bits per heavy atom. The number of benzene rings is 1. The van der Waals surface area contributed by atoms with Crippen molar-refractivity contribution in [1.29, 1.82) is 0 Å². The highest BCUT2D eigenvalue weighted by Crippen LogP contribution is 2.26. The molecule has 0 aliphatic carbocycles. The zero-order chi connectivity index (χ0) is 16.2. The highest BCUT2D eigenvalue weighted by molar-refractivity contribution is 7.07. The molecule has 1 saturated heterocycles. The third kappa shape index (κ3) is 3.68. The lowest BCUT2D eigenvalue weighted by atomic mass is 10.0. The molecule has 3 rings (SSSR count). The van der Waals surface area contributed by atoms with E-state index >= 15 is 0 Å². The molecular weight excluding hydrogens is 320 g/mol. The Bertz CT molecular complexity index is 654. The number of amides is 2. The molecule has 1 aromatic heterocycles. The van der Waals surface area contributed by atoms with Crippen molar-refractivity contribution in [3.8, 4) is 0 Å². The van der Waals surface area contributed by atoms with Crippen molar-refractivity contribution in [3.63, 3.8) is 0 Å². The van der Waals surface area contributed by atoms with Gasteiger partial charge in [0.2, 0.25) is 0 Å². The van der Waals surface area contributed by atoms with E-state index in [-0.39, 0.29) is 6.04 Å². The molecule has 122 valence electrons. The Kier molecular flexibility index (Phi) is 4.88. The van der Waals surface area contributed by atoms with E-state index in [1.165, 1.54) is 6.07 Å².